The van der Waals surface area contributed by atoms with Crippen molar-refractivity contribution in [1.29, 1.82) is 5.26 Å². The zero-order valence-corrected chi connectivity index (χ0v) is 21.2. The van der Waals surface area contributed by atoms with E-state index in [0.29, 0.717) is 22.9 Å². The highest BCUT2D eigenvalue weighted by Gasteiger charge is 2.18. The van der Waals surface area contributed by atoms with Crippen LogP contribution in [-0.2, 0) is 12.8 Å². The first kappa shape index (κ1) is 23.7. The maximum Gasteiger partial charge on any atom is 0.263 e. The summed E-state index contributed by atoms with van der Waals surface area (Å²) in [6, 6.07) is 25.9. The molecule has 0 bridgehead atoms. The Bertz CT molecular complexity index is 1610. The van der Waals surface area contributed by atoms with E-state index in [2.05, 4.69) is 13.0 Å². The molecule has 0 amide bonds. The van der Waals surface area contributed by atoms with Gasteiger partial charge in [-0.15, -0.1) is 0 Å². The van der Waals surface area contributed by atoms with E-state index >= 15 is 0 Å². The Morgan fingerprint density at radius 1 is 0.972 bits per heavy atom. The molecule has 2 heterocycles. The minimum absolute atomic E-state index is 0.0495. The molecular formula is C30H26N4OS. The second-order valence-corrected chi connectivity index (χ2v) is 9.83. The Labute approximate surface area is 214 Å². The lowest BCUT2D eigenvalue weighted by Gasteiger charge is -2.14. The van der Waals surface area contributed by atoms with Crippen LogP contribution < -0.4 is 5.56 Å². The van der Waals surface area contributed by atoms with Crippen LogP contribution in [0.25, 0.3) is 26.5 Å². The lowest BCUT2D eigenvalue weighted by molar-refractivity contribution is 0.733. The van der Waals surface area contributed by atoms with Gasteiger partial charge < -0.3 is 0 Å². The number of aryl methyl sites for hydroxylation is 2. The van der Waals surface area contributed by atoms with Crippen LogP contribution in [0.3, 0.4) is 0 Å². The highest BCUT2D eigenvalue weighted by Crippen LogP contribution is 2.26. The van der Waals surface area contributed by atoms with Crippen molar-refractivity contribution in [3.63, 3.8) is 0 Å². The standard InChI is InChI=1S/C30H26N4OS/c1-3-4-11-26-25(18-21-14-16-22(17-15-21)24-10-6-5-9-23(24)19-31)29(35)34(20(2)32-26)30-33-27-12-7-8-13-28(27)36-30/h5-10,12-17H,3-4,11,18H2,1-2H3. The highest BCUT2D eigenvalue weighted by atomic mass is 32.1. The van der Waals surface area contributed by atoms with Gasteiger partial charge in [0, 0.05) is 12.0 Å². The second-order valence-electron chi connectivity index (χ2n) is 8.82. The van der Waals surface area contributed by atoms with Gasteiger partial charge in [0.15, 0.2) is 5.13 Å². The SMILES string of the molecule is CCCCc1nc(C)n(-c2nc3ccccc3s2)c(=O)c1Cc1ccc(-c2ccccc2C#N)cc1. The van der Waals surface area contributed by atoms with Gasteiger partial charge in [-0.05, 0) is 54.7 Å². The molecule has 6 heteroatoms. The zero-order valence-electron chi connectivity index (χ0n) is 20.4. The van der Waals surface area contributed by atoms with Gasteiger partial charge in [0.05, 0.1) is 27.5 Å². The minimum Gasteiger partial charge on any atom is -0.268 e. The number of hydrogen-bond donors (Lipinski definition) is 0. The van der Waals surface area contributed by atoms with Crippen LogP contribution in [0.5, 0.6) is 0 Å². The third kappa shape index (κ3) is 4.58. The summed E-state index contributed by atoms with van der Waals surface area (Å²) < 4.78 is 2.70. The number of nitrogens with zero attached hydrogens (tertiary/aromatic N) is 4. The molecule has 5 nitrogen and oxygen atoms in total. The molecule has 0 atom stereocenters. The Morgan fingerprint density at radius 2 is 1.72 bits per heavy atom. The highest BCUT2D eigenvalue weighted by molar-refractivity contribution is 7.20. The summed E-state index contributed by atoms with van der Waals surface area (Å²) in [4.78, 5) is 23.5. The summed E-state index contributed by atoms with van der Waals surface area (Å²) in [6.07, 6.45) is 3.29. The summed E-state index contributed by atoms with van der Waals surface area (Å²) >= 11 is 1.51. The molecule has 178 valence electrons. The van der Waals surface area contributed by atoms with Gasteiger partial charge in [-0.3, -0.25) is 4.79 Å². The van der Waals surface area contributed by atoms with Crippen LogP contribution in [0, 0.1) is 18.3 Å². The molecule has 2 aromatic heterocycles. The quantitative estimate of drug-likeness (QED) is 0.257. The maximum atomic E-state index is 13.9. The first-order chi connectivity index (χ1) is 17.6. The van der Waals surface area contributed by atoms with Crippen molar-refractivity contribution in [2.75, 3.05) is 0 Å². The van der Waals surface area contributed by atoms with Crippen LogP contribution in [0.4, 0.5) is 0 Å². The topological polar surface area (TPSA) is 71.6 Å². The number of benzene rings is 3. The van der Waals surface area contributed by atoms with Gasteiger partial charge in [-0.1, -0.05) is 79.3 Å². The third-order valence-corrected chi connectivity index (χ3v) is 7.39. The van der Waals surface area contributed by atoms with E-state index < -0.39 is 0 Å². The van der Waals surface area contributed by atoms with Gasteiger partial charge in [-0.25, -0.2) is 14.5 Å². The molecule has 5 rings (SSSR count). The predicted octanol–water partition coefficient (Wildman–Crippen LogP) is 6.62. The first-order valence-corrected chi connectivity index (χ1v) is 13.0. The average Bonchev–Trinajstić information content (AvgIpc) is 3.33. The monoisotopic (exact) mass is 490 g/mol. The smallest absolute Gasteiger partial charge is 0.263 e. The van der Waals surface area contributed by atoms with Gasteiger partial charge in [0.1, 0.15) is 5.82 Å². The minimum atomic E-state index is -0.0495. The van der Waals surface area contributed by atoms with E-state index in [9.17, 15) is 10.1 Å². The molecule has 0 unspecified atom stereocenters. The van der Waals surface area contributed by atoms with Crippen LogP contribution in [-0.4, -0.2) is 14.5 Å². The fraction of sp³-hybridized carbons (Fsp3) is 0.200. The summed E-state index contributed by atoms with van der Waals surface area (Å²) in [5.74, 6) is 0.664. The number of unbranched alkanes of at least 4 members (excludes halogenated alkanes) is 1. The van der Waals surface area contributed by atoms with Gasteiger partial charge in [-0.2, -0.15) is 5.26 Å². The van der Waals surface area contributed by atoms with Gasteiger partial charge in [0.25, 0.3) is 5.56 Å². The fourth-order valence-electron chi connectivity index (χ4n) is 4.47. The van der Waals surface area contributed by atoms with Crippen LogP contribution in [0.15, 0.2) is 77.6 Å². The number of rotatable bonds is 7. The molecule has 0 radical (unpaired) electrons. The normalized spacial score (nSPS) is 11.0. The Hall–Kier alpha value is -4.08. The molecule has 0 saturated carbocycles. The number of para-hydroxylation sites is 1. The molecule has 0 fully saturated rings. The Balaban J connectivity index is 1.55. The van der Waals surface area contributed by atoms with E-state index in [0.717, 1.165) is 57.4 Å². The molecule has 0 spiro atoms. The number of nitriles is 1. The number of hydrogen-bond acceptors (Lipinski definition) is 5. The van der Waals surface area contributed by atoms with Crippen LogP contribution >= 0.6 is 11.3 Å². The van der Waals surface area contributed by atoms with E-state index in [1.807, 2.05) is 79.7 Å². The summed E-state index contributed by atoms with van der Waals surface area (Å²) in [5.41, 5.74) is 5.99. The Kier molecular flexibility index (Phi) is 6.75. The van der Waals surface area contributed by atoms with E-state index in [1.165, 1.54) is 11.3 Å². The van der Waals surface area contributed by atoms with Crippen molar-refractivity contribution < 1.29 is 0 Å². The van der Waals surface area contributed by atoms with Crippen molar-refractivity contribution in [3.05, 3.63) is 111 Å². The predicted molar refractivity (Wildman–Crippen MR) is 146 cm³/mol. The van der Waals surface area contributed by atoms with Crippen LogP contribution in [0.1, 0.15) is 48.0 Å². The lowest BCUT2D eigenvalue weighted by Crippen LogP contribution is -2.28. The third-order valence-electron chi connectivity index (χ3n) is 6.36. The second kappa shape index (κ2) is 10.3. The zero-order chi connectivity index (χ0) is 25.1. The van der Waals surface area contributed by atoms with Crippen molar-refractivity contribution in [2.24, 2.45) is 0 Å². The van der Waals surface area contributed by atoms with Gasteiger partial charge >= 0.3 is 0 Å². The van der Waals surface area contributed by atoms with Crippen molar-refractivity contribution >= 4 is 21.6 Å². The van der Waals surface area contributed by atoms with E-state index in [4.69, 9.17) is 9.97 Å². The maximum absolute atomic E-state index is 13.9. The van der Waals surface area contributed by atoms with Crippen molar-refractivity contribution in [3.8, 4) is 22.3 Å². The van der Waals surface area contributed by atoms with Crippen LogP contribution in [0.2, 0.25) is 0 Å². The fourth-order valence-corrected chi connectivity index (χ4v) is 5.48. The van der Waals surface area contributed by atoms with E-state index in [-0.39, 0.29) is 5.56 Å². The first-order valence-electron chi connectivity index (χ1n) is 12.1. The number of thiazole rings is 1. The summed E-state index contributed by atoms with van der Waals surface area (Å²) in [7, 11) is 0. The summed E-state index contributed by atoms with van der Waals surface area (Å²) in [6.45, 7) is 4.03. The largest absolute Gasteiger partial charge is 0.268 e. The van der Waals surface area contributed by atoms with Crippen molar-refractivity contribution in [2.45, 2.75) is 39.5 Å². The molecule has 3 aromatic carbocycles. The molecule has 0 aliphatic carbocycles. The number of aromatic nitrogens is 3. The molecule has 0 aliphatic rings. The van der Waals surface area contributed by atoms with E-state index in [1.54, 1.807) is 4.57 Å². The van der Waals surface area contributed by atoms with Gasteiger partial charge in [0.2, 0.25) is 0 Å². The number of fused-ring (bicyclic) bond motifs is 1. The Morgan fingerprint density at radius 3 is 2.47 bits per heavy atom. The molecular weight excluding hydrogens is 464 g/mol. The molecule has 0 saturated heterocycles. The average molecular weight is 491 g/mol. The molecule has 0 aliphatic heterocycles. The molecule has 0 N–H and O–H groups in total. The lowest BCUT2D eigenvalue weighted by atomic mass is 9.97. The molecule has 36 heavy (non-hydrogen) atoms. The summed E-state index contributed by atoms with van der Waals surface area (Å²) in [5, 5.41) is 10.1. The molecule has 5 aromatic rings. The van der Waals surface area contributed by atoms with Crippen molar-refractivity contribution in [1.82, 2.24) is 14.5 Å².